The first-order valence-electron chi connectivity index (χ1n) is 11.0. The second kappa shape index (κ2) is 8.12. The van der Waals surface area contributed by atoms with Crippen LogP contribution in [0.2, 0.25) is 0 Å². The van der Waals surface area contributed by atoms with Crippen molar-refractivity contribution in [3.63, 3.8) is 0 Å². The zero-order chi connectivity index (χ0) is 24.2. The van der Waals surface area contributed by atoms with Gasteiger partial charge in [-0.05, 0) is 48.4 Å². The van der Waals surface area contributed by atoms with E-state index in [0.29, 0.717) is 23.4 Å². The molecule has 33 heavy (non-hydrogen) atoms. The number of aromatic nitrogens is 2. The van der Waals surface area contributed by atoms with Crippen LogP contribution in [-0.2, 0) is 10.0 Å². The zero-order valence-electron chi connectivity index (χ0n) is 19.2. The van der Waals surface area contributed by atoms with Crippen LogP contribution in [0.5, 0.6) is 0 Å². The molecule has 0 spiro atoms. The molecule has 2 aliphatic heterocycles. The molecule has 1 aromatic carbocycles. The second-order valence-electron chi connectivity index (χ2n) is 9.24. The van der Waals surface area contributed by atoms with Crippen molar-refractivity contribution in [2.45, 2.75) is 70.0 Å². The molecule has 2 N–H and O–H groups in total. The van der Waals surface area contributed by atoms with Crippen LogP contribution >= 0.6 is 0 Å². The molecule has 11 heteroatoms. The molecule has 0 bridgehead atoms. The van der Waals surface area contributed by atoms with Gasteiger partial charge in [0.05, 0.1) is 12.1 Å². The second-order valence-corrected chi connectivity index (χ2v) is 10.9. The minimum atomic E-state index is -4.35. The maximum Gasteiger partial charge on any atom is 0.333 e. The number of amides is 3. The molecule has 0 saturated carbocycles. The number of rotatable bonds is 5. The molecule has 3 amide bonds. The molecule has 178 valence electrons. The van der Waals surface area contributed by atoms with Gasteiger partial charge in [-0.25, -0.2) is 13.9 Å². The van der Waals surface area contributed by atoms with Gasteiger partial charge in [-0.2, -0.15) is 13.5 Å². The first-order chi connectivity index (χ1) is 15.4. The number of sulfonamides is 1. The molecular formula is C22H28FN5O4S. The highest BCUT2D eigenvalue weighted by Crippen LogP contribution is 2.36. The Balaban J connectivity index is 1.60. The fraction of sp³-hybridized carbons (Fsp3) is 0.500. The predicted molar refractivity (Wildman–Crippen MR) is 120 cm³/mol. The molecule has 1 fully saturated rings. The van der Waals surface area contributed by atoms with Crippen LogP contribution in [0.15, 0.2) is 23.2 Å². The van der Waals surface area contributed by atoms with Gasteiger partial charge < -0.3 is 10.2 Å². The number of benzene rings is 1. The highest BCUT2D eigenvalue weighted by atomic mass is 32.2. The minimum absolute atomic E-state index is 0.000836. The van der Waals surface area contributed by atoms with Crippen molar-refractivity contribution in [2.24, 2.45) is 0 Å². The van der Waals surface area contributed by atoms with E-state index in [1.54, 1.807) is 4.90 Å². The number of anilines is 1. The third kappa shape index (κ3) is 3.98. The number of carbonyl (C=O) groups excluding carboxylic acids is 2. The molecular weight excluding hydrogens is 449 g/mol. The summed E-state index contributed by atoms with van der Waals surface area (Å²) in [4.78, 5) is 27.0. The van der Waals surface area contributed by atoms with Crippen LogP contribution in [0.25, 0.3) is 0 Å². The number of carbonyl (C=O) groups is 2. The van der Waals surface area contributed by atoms with Crippen molar-refractivity contribution in [3.05, 3.63) is 40.8 Å². The van der Waals surface area contributed by atoms with Gasteiger partial charge in [0.2, 0.25) is 0 Å². The van der Waals surface area contributed by atoms with Crippen LogP contribution in [-0.4, -0.2) is 47.6 Å². The Morgan fingerprint density at radius 3 is 2.27 bits per heavy atom. The van der Waals surface area contributed by atoms with Crippen molar-refractivity contribution < 1.29 is 22.4 Å². The lowest BCUT2D eigenvalue weighted by Crippen LogP contribution is -2.58. The molecule has 2 aliphatic rings. The van der Waals surface area contributed by atoms with Crippen LogP contribution in [0.1, 0.15) is 80.5 Å². The monoisotopic (exact) mass is 477 g/mol. The summed E-state index contributed by atoms with van der Waals surface area (Å²) < 4.78 is 43.3. The molecule has 2 aromatic rings. The summed E-state index contributed by atoms with van der Waals surface area (Å²) >= 11 is 0. The van der Waals surface area contributed by atoms with E-state index < -0.39 is 26.9 Å². The highest BCUT2D eigenvalue weighted by molar-refractivity contribution is 7.90. The quantitative estimate of drug-likeness (QED) is 0.684. The Morgan fingerprint density at radius 2 is 1.76 bits per heavy atom. The number of hydrogen-bond acceptors (Lipinski definition) is 5. The van der Waals surface area contributed by atoms with E-state index in [4.69, 9.17) is 0 Å². The van der Waals surface area contributed by atoms with Crippen molar-refractivity contribution in [3.8, 4) is 0 Å². The Hall–Kier alpha value is -2.95. The van der Waals surface area contributed by atoms with E-state index in [9.17, 15) is 22.4 Å². The first-order valence-corrected chi connectivity index (χ1v) is 12.5. The predicted octanol–water partition coefficient (Wildman–Crippen LogP) is 3.57. The first kappa shape index (κ1) is 23.2. The van der Waals surface area contributed by atoms with E-state index in [1.807, 2.05) is 39.3 Å². The molecule has 0 aliphatic carbocycles. The molecule has 9 nitrogen and oxygen atoms in total. The maximum atomic E-state index is 14.1. The molecule has 1 aromatic heterocycles. The van der Waals surface area contributed by atoms with E-state index in [1.165, 1.54) is 22.9 Å². The van der Waals surface area contributed by atoms with E-state index in [2.05, 4.69) is 10.4 Å². The largest absolute Gasteiger partial charge is 0.333 e. The van der Waals surface area contributed by atoms with Crippen LogP contribution < -0.4 is 10.0 Å². The fourth-order valence-electron chi connectivity index (χ4n) is 4.46. The zero-order valence-corrected chi connectivity index (χ0v) is 20.0. The molecule has 4 rings (SSSR count). The SMILES string of the molecule is CC(C)c1cc(F)cc(C(C)C)c1NC(=O)NS(=O)(=O)c1cc2n(n1)C(C)C1CCN1C2=O. The summed E-state index contributed by atoms with van der Waals surface area (Å²) in [5, 5.41) is 6.32. The lowest BCUT2D eigenvalue weighted by Gasteiger charge is -2.47. The van der Waals surface area contributed by atoms with Crippen LogP contribution in [0, 0.1) is 5.82 Å². The van der Waals surface area contributed by atoms with Gasteiger partial charge in [0.1, 0.15) is 11.5 Å². The number of nitrogens with one attached hydrogen (secondary N) is 2. The highest BCUT2D eigenvalue weighted by Gasteiger charge is 2.44. The normalized spacial score (nSPS) is 19.9. The number of hydrogen-bond donors (Lipinski definition) is 2. The van der Waals surface area contributed by atoms with Crippen LogP contribution in [0.3, 0.4) is 0 Å². The average molecular weight is 478 g/mol. The average Bonchev–Trinajstić information content (AvgIpc) is 3.13. The number of halogens is 1. The van der Waals surface area contributed by atoms with Crippen LogP contribution in [0.4, 0.5) is 14.9 Å². The van der Waals surface area contributed by atoms with E-state index in [-0.39, 0.29) is 35.5 Å². The van der Waals surface area contributed by atoms with Crippen molar-refractivity contribution in [2.75, 3.05) is 11.9 Å². The Labute approximate surface area is 192 Å². The standard InChI is InChI=1S/C22H28FN5O4S/c1-11(2)15-8-14(23)9-16(12(3)4)20(15)24-22(30)26-33(31,32)19-10-18-21(29)27-7-6-17(27)13(5)28(18)25-19/h8-13,17H,6-7H2,1-5H3,(H2,24,26,30). The summed E-state index contributed by atoms with van der Waals surface area (Å²) in [5.74, 6) is -0.907. The number of urea groups is 1. The van der Waals surface area contributed by atoms with Crippen molar-refractivity contribution in [1.29, 1.82) is 0 Å². The van der Waals surface area contributed by atoms with Gasteiger partial charge in [-0.1, -0.05) is 27.7 Å². The number of fused-ring (bicyclic) bond motifs is 2. The van der Waals surface area contributed by atoms with E-state index in [0.717, 1.165) is 6.42 Å². The molecule has 2 unspecified atom stereocenters. The molecule has 3 heterocycles. The van der Waals surface area contributed by atoms with E-state index >= 15 is 0 Å². The fourth-order valence-corrected chi connectivity index (χ4v) is 5.32. The van der Waals surface area contributed by atoms with Gasteiger partial charge >= 0.3 is 6.03 Å². The summed E-state index contributed by atoms with van der Waals surface area (Å²) in [7, 11) is -4.35. The number of nitrogens with zero attached hydrogens (tertiary/aromatic N) is 3. The maximum absolute atomic E-state index is 14.1. The Morgan fingerprint density at radius 1 is 1.15 bits per heavy atom. The summed E-state index contributed by atoms with van der Waals surface area (Å²) in [6.45, 7) is 9.94. The summed E-state index contributed by atoms with van der Waals surface area (Å²) in [5.41, 5.74) is 1.69. The summed E-state index contributed by atoms with van der Waals surface area (Å²) in [6.07, 6.45) is 0.836. The molecule has 1 saturated heterocycles. The lowest BCUT2D eigenvalue weighted by atomic mass is 9.92. The molecule has 2 atom stereocenters. The lowest BCUT2D eigenvalue weighted by molar-refractivity contribution is 0.0198. The van der Waals surface area contributed by atoms with Gasteiger partial charge in [-0.3, -0.25) is 9.48 Å². The molecule has 0 radical (unpaired) electrons. The van der Waals surface area contributed by atoms with Gasteiger partial charge in [0.15, 0.2) is 5.03 Å². The van der Waals surface area contributed by atoms with Crippen molar-refractivity contribution >= 4 is 27.6 Å². The van der Waals surface area contributed by atoms with Gasteiger partial charge in [0.25, 0.3) is 15.9 Å². The van der Waals surface area contributed by atoms with Crippen molar-refractivity contribution in [1.82, 2.24) is 19.4 Å². The topological polar surface area (TPSA) is 113 Å². The third-order valence-corrected chi connectivity index (χ3v) is 7.56. The smallest absolute Gasteiger partial charge is 0.332 e. The Bertz CT molecular complexity index is 1210. The van der Waals surface area contributed by atoms with Gasteiger partial charge in [0, 0.05) is 18.3 Å². The third-order valence-electron chi connectivity index (χ3n) is 6.35. The minimum Gasteiger partial charge on any atom is -0.332 e. The summed E-state index contributed by atoms with van der Waals surface area (Å²) in [6, 6.07) is 2.71. The van der Waals surface area contributed by atoms with Gasteiger partial charge in [-0.15, -0.1) is 0 Å². The Kier molecular flexibility index (Phi) is 5.71.